The zero-order chi connectivity index (χ0) is 21.8. The quantitative estimate of drug-likeness (QED) is 0.615. The number of carbonyl (C=O) groups excluding carboxylic acids is 2. The van der Waals surface area contributed by atoms with Gasteiger partial charge in [-0.3, -0.25) is 4.79 Å². The third-order valence-corrected chi connectivity index (χ3v) is 6.51. The van der Waals surface area contributed by atoms with Crippen molar-refractivity contribution in [3.05, 3.63) is 69.7 Å². The lowest BCUT2D eigenvalue weighted by Crippen LogP contribution is -2.40. The Morgan fingerprint density at radius 1 is 1.00 bits per heavy atom. The molecule has 2 N–H and O–H groups in total. The molecule has 0 aliphatic carbocycles. The lowest BCUT2D eigenvalue weighted by molar-refractivity contribution is 0.102. The molecule has 1 aromatic heterocycles. The molecule has 1 fully saturated rings. The lowest BCUT2D eigenvalue weighted by atomic mass is 9.98. The predicted molar refractivity (Wildman–Crippen MR) is 123 cm³/mol. The summed E-state index contributed by atoms with van der Waals surface area (Å²) in [7, 11) is 0. The van der Waals surface area contributed by atoms with Crippen molar-refractivity contribution in [2.24, 2.45) is 0 Å². The minimum atomic E-state index is -0.250. The number of carbonyl (C=O) groups is 2. The summed E-state index contributed by atoms with van der Waals surface area (Å²) in [6.07, 6.45) is 1.60. The van der Waals surface area contributed by atoms with E-state index in [9.17, 15) is 9.59 Å². The number of likely N-dealkylation sites (tertiary alicyclic amines) is 1. The number of aryl methyl sites for hydroxylation is 2. The maximum atomic E-state index is 12.7. The summed E-state index contributed by atoms with van der Waals surface area (Å²) in [6.45, 7) is 5.32. The Hall–Kier alpha value is -3.26. The highest BCUT2D eigenvalue weighted by Gasteiger charge is 2.27. The Balaban J connectivity index is 1.31. The van der Waals surface area contributed by atoms with E-state index in [1.165, 1.54) is 16.9 Å². The van der Waals surface area contributed by atoms with Crippen molar-refractivity contribution in [2.75, 3.05) is 23.7 Å². The van der Waals surface area contributed by atoms with Gasteiger partial charge >= 0.3 is 6.03 Å². The van der Waals surface area contributed by atoms with Gasteiger partial charge in [0.1, 0.15) is 5.01 Å². The topological polar surface area (TPSA) is 87.2 Å². The summed E-state index contributed by atoms with van der Waals surface area (Å²) in [5.41, 5.74) is 3.80. The number of nitrogens with zero attached hydrogens (tertiary/aromatic N) is 3. The molecule has 4 rings (SSSR count). The molecule has 0 unspecified atom stereocenters. The molecule has 3 amide bonds. The molecular formula is C23H25N5O2S. The molecule has 0 spiro atoms. The van der Waals surface area contributed by atoms with Gasteiger partial charge in [-0.05, 0) is 50.5 Å². The number of amides is 3. The molecule has 160 valence electrons. The number of hydrogen-bond acceptors (Lipinski definition) is 5. The van der Waals surface area contributed by atoms with Gasteiger partial charge in [0.05, 0.1) is 0 Å². The molecule has 0 radical (unpaired) electrons. The van der Waals surface area contributed by atoms with Gasteiger partial charge in [-0.15, -0.1) is 10.2 Å². The number of hydrogen-bond donors (Lipinski definition) is 2. The van der Waals surface area contributed by atoms with E-state index >= 15 is 0 Å². The summed E-state index contributed by atoms with van der Waals surface area (Å²) < 4.78 is 0. The largest absolute Gasteiger partial charge is 0.324 e. The van der Waals surface area contributed by atoms with Gasteiger partial charge in [0, 0.05) is 30.4 Å². The zero-order valence-corrected chi connectivity index (χ0v) is 18.4. The minimum absolute atomic E-state index is 0.0782. The normalized spacial score (nSPS) is 14.3. The van der Waals surface area contributed by atoms with Crippen molar-refractivity contribution in [1.82, 2.24) is 15.1 Å². The summed E-state index contributed by atoms with van der Waals surface area (Å²) in [5, 5.41) is 15.4. The summed E-state index contributed by atoms with van der Waals surface area (Å²) >= 11 is 1.33. The van der Waals surface area contributed by atoms with Crippen LogP contribution in [0.4, 0.5) is 16.2 Å². The van der Waals surface area contributed by atoms with Crippen molar-refractivity contribution in [3.63, 3.8) is 0 Å². The fourth-order valence-electron chi connectivity index (χ4n) is 3.67. The van der Waals surface area contributed by atoms with Crippen LogP contribution >= 0.6 is 11.3 Å². The van der Waals surface area contributed by atoms with E-state index < -0.39 is 0 Å². The van der Waals surface area contributed by atoms with E-state index in [0.717, 1.165) is 34.8 Å². The van der Waals surface area contributed by atoms with Crippen LogP contribution in [-0.4, -0.2) is 40.1 Å². The smallest absolute Gasteiger partial charge is 0.321 e. The molecule has 8 heteroatoms. The average molecular weight is 436 g/mol. The van der Waals surface area contributed by atoms with Crippen LogP contribution in [0.3, 0.4) is 0 Å². The van der Waals surface area contributed by atoms with Gasteiger partial charge in [0.25, 0.3) is 5.91 Å². The average Bonchev–Trinajstić information content (AvgIpc) is 3.27. The molecule has 2 heterocycles. The van der Waals surface area contributed by atoms with E-state index in [-0.39, 0.29) is 17.9 Å². The van der Waals surface area contributed by atoms with Crippen LogP contribution in [0.15, 0.2) is 48.5 Å². The van der Waals surface area contributed by atoms with Gasteiger partial charge < -0.3 is 15.5 Å². The van der Waals surface area contributed by atoms with Crippen molar-refractivity contribution in [2.45, 2.75) is 32.6 Å². The molecule has 0 bridgehead atoms. The number of rotatable bonds is 4. The number of anilines is 2. The second kappa shape index (κ2) is 9.26. The Labute approximate surface area is 185 Å². The molecule has 0 saturated carbocycles. The number of piperidine rings is 1. The van der Waals surface area contributed by atoms with Gasteiger partial charge in [-0.2, -0.15) is 0 Å². The Kier molecular flexibility index (Phi) is 6.27. The van der Waals surface area contributed by atoms with Crippen molar-refractivity contribution >= 4 is 34.6 Å². The molecule has 7 nitrogen and oxygen atoms in total. The first kappa shape index (κ1) is 21.0. The molecule has 1 aliphatic heterocycles. The fraction of sp³-hybridized carbons (Fsp3) is 0.304. The van der Waals surface area contributed by atoms with Crippen LogP contribution in [-0.2, 0) is 0 Å². The molecule has 3 aromatic rings. The van der Waals surface area contributed by atoms with Gasteiger partial charge in [0.15, 0.2) is 0 Å². The lowest BCUT2D eigenvalue weighted by Gasteiger charge is -2.31. The highest BCUT2D eigenvalue weighted by atomic mass is 32.1. The second-order valence-corrected chi connectivity index (χ2v) is 8.78. The first-order valence-electron chi connectivity index (χ1n) is 10.3. The number of urea groups is 1. The zero-order valence-electron chi connectivity index (χ0n) is 17.6. The van der Waals surface area contributed by atoms with E-state index in [2.05, 4.69) is 26.9 Å². The maximum absolute atomic E-state index is 12.7. The number of benzene rings is 2. The van der Waals surface area contributed by atoms with E-state index in [1.807, 2.05) is 61.2 Å². The van der Waals surface area contributed by atoms with E-state index in [1.54, 1.807) is 0 Å². The number of para-hydroxylation sites is 1. The van der Waals surface area contributed by atoms with Crippen LogP contribution in [0, 0.1) is 13.8 Å². The molecule has 0 atom stereocenters. The predicted octanol–water partition coefficient (Wildman–Crippen LogP) is 4.82. The highest BCUT2D eigenvalue weighted by molar-refractivity contribution is 7.13. The Morgan fingerprint density at radius 3 is 2.45 bits per heavy atom. The van der Waals surface area contributed by atoms with Gasteiger partial charge in [-0.25, -0.2) is 4.79 Å². The summed E-state index contributed by atoms with van der Waals surface area (Å²) in [5.74, 6) is -0.0406. The Bertz CT molecular complexity index is 1070. The number of nitrogens with one attached hydrogen (secondary N) is 2. The van der Waals surface area contributed by atoms with E-state index in [0.29, 0.717) is 18.1 Å². The van der Waals surface area contributed by atoms with Crippen LogP contribution < -0.4 is 10.6 Å². The van der Waals surface area contributed by atoms with Crippen molar-refractivity contribution in [1.29, 1.82) is 0 Å². The molecule has 1 saturated heterocycles. The number of aromatic nitrogens is 2. The van der Waals surface area contributed by atoms with Crippen LogP contribution in [0.2, 0.25) is 0 Å². The monoisotopic (exact) mass is 435 g/mol. The van der Waals surface area contributed by atoms with Crippen LogP contribution in [0.5, 0.6) is 0 Å². The molecule has 2 aromatic carbocycles. The summed E-state index contributed by atoms with van der Waals surface area (Å²) in [6, 6.07) is 15.2. The molecular weight excluding hydrogens is 410 g/mol. The van der Waals surface area contributed by atoms with E-state index in [4.69, 9.17) is 0 Å². The standard InChI is InChI=1S/C23H25N5O2S/c1-15-8-9-19(16(2)14-15)25-23(30)28-12-10-17(11-13-28)21-26-27-22(31-21)20(29)24-18-6-4-3-5-7-18/h3-9,14,17H,10-13H2,1-2H3,(H,24,29)(H,25,30). The SMILES string of the molecule is Cc1ccc(NC(=O)N2CCC(c3nnc(C(=O)Nc4ccccc4)s3)CC2)c(C)c1. The second-order valence-electron chi connectivity index (χ2n) is 7.78. The van der Waals surface area contributed by atoms with Gasteiger partial charge in [0.2, 0.25) is 5.01 Å². The summed E-state index contributed by atoms with van der Waals surface area (Å²) in [4.78, 5) is 26.9. The van der Waals surface area contributed by atoms with Gasteiger partial charge in [-0.1, -0.05) is 47.2 Å². The maximum Gasteiger partial charge on any atom is 0.321 e. The molecule has 31 heavy (non-hydrogen) atoms. The first-order chi connectivity index (χ1) is 15.0. The van der Waals surface area contributed by atoms with Crippen LogP contribution in [0.25, 0.3) is 0 Å². The molecule has 1 aliphatic rings. The van der Waals surface area contributed by atoms with Crippen molar-refractivity contribution in [3.8, 4) is 0 Å². The third-order valence-electron chi connectivity index (χ3n) is 5.42. The first-order valence-corrected chi connectivity index (χ1v) is 11.1. The fourth-order valence-corrected chi connectivity index (χ4v) is 4.58. The Morgan fingerprint density at radius 2 is 1.74 bits per heavy atom. The van der Waals surface area contributed by atoms with Crippen LogP contribution in [0.1, 0.15) is 44.7 Å². The third kappa shape index (κ3) is 5.08. The highest BCUT2D eigenvalue weighted by Crippen LogP contribution is 2.30. The van der Waals surface area contributed by atoms with Crippen molar-refractivity contribution < 1.29 is 9.59 Å². The minimum Gasteiger partial charge on any atom is -0.324 e.